The number of ether oxygens (including phenoxy) is 1. The maximum Gasteiger partial charge on any atom is 0.343 e. The second-order valence-electron chi connectivity index (χ2n) is 6.75. The molecule has 0 bridgehead atoms. The minimum absolute atomic E-state index is 0.276. The Bertz CT molecular complexity index is 707. The molecule has 132 valence electrons. The first-order valence-electron chi connectivity index (χ1n) is 9.34. The molecule has 0 unspecified atom stereocenters. The van der Waals surface area contributed by atoms with Gasteiger partial charge in [0.15, 0.2) is 0 Å². The van der Waals surface area contributed by atoms with E-state index < -0.39 is 0 Å². The largest absolute Gasteiger partial charge is 0.423 e. The van der Waals surface area contributed by atoms with Crippen LogP contribution in [0.5, 0.6) is 5.75 Å². The number of esters is 1. The molecule has 1 aliphatic rings. The van der Waals surface area contributed by atoms with Gasteiger partial charge in [-0.05, 0) is 61.6 Å². The fourth-order valence-corrected chi connectivity index (χ4v) is 3.24. The molecule has 2 aromatic carbocycles. The van der Waals surface area contributed by atoms with Crippen LogP contribution in [0, 0.1) is 0 Å². The summed E-state index contributed by atoms with van der Waals surface area (Å²) in [6.45, 7) is 6.43. The monoisotopic (exact) mass is 337 g/mol. The van der Waals surface area contributed by atoms with Crippen LogP contribution in [0.4, 0.5) is 0 Å². The van der Waals surface area contributed by atoms with Gasteiger partial charge in [0.25, 0.3) is 0 Å². The highest BCUT2D eigenvalue weighted by Gasteiger charge is 2.28. The predicted molar refractivity (Wildman–Crippen MR) is 101 cm³/mol. The van der Waals surface area contributed by atoms with E-state index in [1.165, 1.54) is 24.8 Å². The number of hydrogen-bond acceptors (Lipinski definition) is 3. The zero-order valence-electron chi connectivity index (χ0n) is 15.2. The Labute approximate surface area is 150 Å². The number of para-hydroxylation sites is 1. The molecule has 0 amide bonds. The summed E-state index contributed by atoms with van der Waals surface area (Å²) in [4.78, 5) is 15.1. The highest BCUT2D eigenvalue weighted by atomic mass is 16.5. The summed E-state index contributed by atoms with van der Waals surface area (Å²) in [7, 11) is 0. The van der Waals surface area contributed by atoms with Crippen LogP contribution in [-0.2, 0) is 13.0 Å². The van der Waals surface area contributed by atoms with Crippen LogP contribution in [-0.4, -0.2) is 23.5 Å². The van der Waals surface area contributed by atoms with Crippen molar-refractivity contribution in [3.63, 3.8) is 0 Å². The zero-order chi connectivity index (χ0) is 17.6. The van der Waals surface area contributed by atoms with Crippen molar-refractivity contribution in [3.8, 4) is 5.75 Å². The van der Waals surface area contributed by atoms with Gasteiger partial charge in [0, 0.05) is 12.6 Å². The van der Waals surface area contributed by atoms with Gasteiger partial charge in [-0.1, -0.05) is 44.2 Å². The molecule has 3 rings (SSSR count). The summed E-state index contributed by atoms with van der Waals surface area (Å²) in [5, 5.41) is 0. The van der Waals surface area contributed by atoms with Crippen molar-refractivity contribution < 1.29 is 9.53 Å². The second-order valence-corrected chi connectivity index (χ2v) is 6.75. The van der Waals surface area contributed by atoms with E-state index in [9.17, 15) is 4.79 Å². The van der Waals surface area contributed by atoms with Crippen LogP contribution in [0.1, 0.15) is 54.6 Å². The molecule has 0 aliphatic heterocycles. The Hall–Kier alpha value is -2.13. The average molecular weight is 337 g/mol. The normalized spacial score (nSPS) is 13.9. The minimum Gasteiger partial charge on any atom is -0.423 e. The number of carbonyl (C=O) groups is 1. The molecule has 2 aromatic rings. The van der Waals surface area contributed by atoms with Crippen LogP contribution < -0.4 is 4.74 Å². The van der Waals surface area contributed by atoms with Crippen molar-refractivity contribution in [2.75, 3.05) is 6.54 Å². The molecule has 0 aromatic heterocycles. The summed E-state index contributed by atoms with van der Waals surface area (Å²) in [6, 6.07) is 16.2. The molecule has 3 nitrogen and oxygen atoms in total. The Morgan fingerprint density at radius 2 is 1.88 bits per heavy atom. The number of carbonyl (C=O) groups excluding carboxylic acids is 1. The van der Waals surface area contributed by atoms with Crippen molar-refractivity contribution in [1.82, 2.24) is 4.90 Å². The lowest BCUT2D eigenvalue weighted by Gasteiger charge is -2.22. The van der Waals surface area contributed by atoms with Crippen molar-refractivity contribution in [1.29, 1.82) is 0 Å². The van der Waals surface area contributed by atoms with Crippen molar-refractivity contribution in [3.05, 3.63) is 65.2 Å². The van der Waals surface area contributed by atoms with Gasteiger partial charge in [-0.25, -0.2) is 4.79 Å². The van der Waals surface area contributed by atoms with Crippen molar-refractivity contribution in [2.45, 2.75) is 52.1 Å². The first kappa shape index (κ1) is 17.7. The van der Waals surface area contributed by atoms with E-state index in [2.05, 4.69) is 30.9 Å². The lowest BCUT2D eigenvalue weighted by atomic mass is 10.0. The molecule has 1 aliphatic carbocycles. The molecule has 0 saturated heterocycles. The van der Waals surface area contributed by atoms with Gasteiger partial charge < -0.3 is 4.74 Å². The molecule has 25 heavy (non-hydrogen) atoms. The summed E-state index contributed by atoms with van der Waals surface area (Å²) in [6.07, 6.45) is 4.65. The van der Waals surface area contributed by atoms with Gasteiger partial charge in [-0.2, -0.15) is 0 Å². The Morgan fingerprint density at radius 1 is 1.12 bits per heavy atom. The van der Waals surface area contributed by atoms with E-state index >= 15 is 0 Å². The lowest BCUT2D eigenvalue weighted by molar-refractivity contribution is 0.0733. The zero-order valence-corrected chi connectivity index (χ0v) is 15.2. The molecule has 0 N–H and O–H groups in total. The highest BCUT2D eigenvalue weighted by Crippen LogP contribution is 2.29. The molecule has 1 fully saturated rings. The van der Waals surface area contributed by atoms with E-state index in [1.54, 1.807) is 12.1 Å². The second kappa shape index (κ2) is 8.30. The third-order valence-electron chi connectivity index (χ3n) is 4.68. The first-order chi connectivity index (χ1) is 12.2. The number of aryl methyl sites for hydroxylation is 1. The van der Waals surface area contributed by atoms with Crippen LogP contribution in [0.3, 0.4) is 0 Å². The lowest BCUT2D eigenvalue weighted by Crippen LogP contribution is -2.26. The summed E-state index contributed by atoms with van der Waals surface area (Å²) < 4.78 is 5.50. The Kier molecular flexibility index (Phi) is 5.87. The SMILES string of the molecule is CCCN(Cc1ccc(C(=O)Oc2ccccc2)c(CC)c1)C1CC1. The molecule has 0 radical (unpaired) electrons. The third kappa shape index (κ3) is 4.70. The number of benzene rings is 2. The molecule has 0 atom stereocenters. The predicted octanol–water partition coefficient (Wildman–Crippen LogP) is 4.84. The number of nitrogens with zero attached hydrogens (tertiary/aromatic N) is 1. The molecule has 3 heteroatoms. The fraction of sp³-hybridized carbons (Fsp3) is 0.409. The molecule has 0 heterocycles. The average Bonchev–Trinajstić information content (AvgIpc) is 3.47. The summed E-state index contributed by atoms with van der Waals surface area (Å²) in [5.74, 6) is 0.309. The number of hydrogen-bond donors (Lipinski definition) is 0. The molecule has 0 spiro atoms. The molecular formula is C22H27NO2. The van der Waals surface area contributed by atoms with Gasteiger partial charge in [0.05, 0.1) is 5.56 Å². The summed E-state index contributed by atoms with van der Waals surface area (Å²) in [5.41, 5.74) is 3.02. The fourth-order valence-electron chi connectivity index (χ4n) is 3.24. The highest BCUT2D eigenvalue weighted by molar-refractivity contribution is 5.92. The van der Waals surface area contributed by atoms with Crippen LogP contribution in [0.15, 0.2) is 48.5 Å². The van der Waals surface area contributed by atoms with Gasteiger partial charge in [-0.3, -0.25) is 4.90 Å². The van der Waals surface area contributed by atoms with E-state index in [1.807, 2.05) is 24.3 Å². The quantitative estimate of drug-likeness (QED) is 0.510. The van der Waals surface area contributed by atoms with E-state index in [4.69, 9.17) is 4.74 Å². The maximum absolute atomic E-state index is 12.5. The van der Waals surface area contributed by atoms with Crippen molar-refractivity contribution >= 4 is 5.97 Å². The number of rotatable bonds is 8. The standard InChI is InChI=1S/C22H27NO2/c1-3-14-23(19-11-12-19)16-17-10-13-21(18(4-2)15-17)22(24)25-20-8-6-5-7-9-20/h5-10,13,15,19H,3-4,11-12,14,16H2,1-2H3. The van der Waals surface area contributed by atoms with Gasteiger partial charge >= 0.3 is 5.97 Å². The van der Waals surface area contributed by atoms with Crippen LogP contribution >= 0.6 is 0 Å². The smallest absolute Gasteiger partial charge is 0.343 e. The van der Waals surface area contributed by atoms with E-state index in [0.29, 0.717) is 11.3 Å². The van der Waals surface area contributed by atoms with Crippen molar-refractivity contribution in [2.24, 2.45) is 0 Å². The topological polar surface area (TPSA) is 29.5 Å². The Balaban J connectivity index is 1.73. The third-order valence-corrected chi connectivity index (χ3v) is 4.68. The van der Waals surface area contributed by atoms with Crippen LogP contribution in [0.2, 0.25) is 0 Å². The first-order valence-corrected chi connectivity index (χ1v) is 9.34. The van der Waals surface area contributed by atoms with Gasteiger partial charge in [0.1, 0.15) is 5.75 Å². The maximum atomic E-state index is 12.5. The summed E-state index contributed by atoms with van der Waals surface area (Å²) >= 11 is 0. The minimum atomic E-state index is -0.276. The van der Waals surface area contributed by atoms with Gasteiger partial charge in [-0.15, -0.1) is 0 Å². The van der Waals surface area contributed by atoms with Gasteiger partial charge in [0.2, 0.25) is 0 Å². The van der Waals surface area contributed by atoms with E-state index in [0.717, 1.165) is 31.1 Å². The van der Waals surface area contributed by atoms with E-state index in [-0.39, 0.29) is 5.97 Å². The molecule has 1 saturated carbocycles. The Morgan fingerprint density at radius 3 is 2.52 bits per heavy atom. The molecular weight excluding hydrogens is 310 g/mol. The van der Waals surface area contributed by atoms with Crippen LogP contribution in [0.25, 0.3) is 0 Å².